The second kappa shape index (κ2) is 40.5. The van der Waals surface area contributed by atoms with Crippen molar-refractivity contribution >= 4 is 94.4 Å². The lowest BCUT2D eigenvalue weighted by atomic mass is 9.76. The molecule has 99 heavy (non-hydrogen) atoms. The Bertz CT molecular complexity index is 3850. The van der Waals surface area contributed by atoms with E-state index >= 15 is 0 Å². The van der Waals surface area contributed by atoms with Gasteiger partial charge in [-0.2, -0.15) is 0 Å². The van der Waals surface area contributed by atoms with Crippen LogP contribution in [-0.4, -0.2) is 123 Å². The van der Waals surface area contributed by atoms with E-state index in [0.717, 1.165) is 41.7 Å². The van der Waals surface area contributed by atoms with Crippen molar-refractivity contribution in [2.24, 2.45) is 5.73 Å². The fraction of sp³-hybridized carbons (Fsp3) is 0.257. The van der Waals surface area contributed by atoms with Gasteiger partial charge in [0.1, 0.15) is 41.2 Å². The van der Waals surface area contributed by atoms with Crippen LogP contribution in [0.4, 0.5) is 4.39 Å². The molecule has 0 spiro atoms. The fourth-order valence-corrected chi connectivity index (χ4v) is 10.1. The molecule has 0 aliphatic carbocycles. The summed E-state index contributed by atoms with van der Waals surface area (Å²) in [6, 6.07) is 53.9. The van der Waals surface area contributed by atoms with Gasteiger partial charge < -0.3 is 77.8 Å². The lowest BCUT2D eigenvalue weighted by Crippen LogP contribution is -2.41. The number of carboxylic acids is 1. The van der Waals surface area contributed by atoms with Crippen LogP contribution in [0.3, 0.4) is 0 Å². The highest BCUT2D eigenvalue weighted by Crippen LogP contribution is 2.37. The van der Waals surface area contributed by atoms with Crippen LogP contribution in [0.15, 0.2) is 191 Å². The molecule has 29 heteroatoms. The molecule has 2 unspecified atom stereocenters. The van der Waals surface area contributed by atoms with E-state index in [2.05, 4.69) is 31.9 Å². The normalized spacial score (nSPS) is 14.8. The van der Waals surface area contributed by atoms with Gasteiger partial charge in [0.15, 0.2) is 39.7 Å². The lowest BCUT2D eigenvalue weighted by molar-refractivity contribution is -0.490. The molecule has 0 saturated carbocycles. The number of aliphatic carboxylic acids is 1. The molecule has 0 aromatic heterocycles. The van der Waals surface area contributed by atoms with Gasteiger partial charge in [0.05, 0.1) is 37.1 Å². The van der Waals surface area contributed by atoms with E-state index in [1.807, 2.05) is 119 Å². The van der Waals surface area contributed by atoms with E-state index in [1.54, 1.807) is 72.8 Å². The number of hydrogen-bond donors (Lipinski definition) is 5. The van der Waals surface area contributed by atoms with Gasteiger partial charge in [-0.15, -0.1) is 0 Å². The molecule has 520 valence electrons. The van der Waals surface area contributed by atoms with Crippen molar-refractivity contribution in [3.05, 3.63) is 251 Å². The molecule has 3 aliphatic rings. The topological polar surface area (TPSA) is 320 Å². The standard InChI is InChI=1S/C21H25BO5.C16H16BNO6.C15H13BrO3.C9H12BNO4.C7H4BrFO.C2H4O2/c1-20(2)21(3,4)27-22(26-20)19-12-18(11-10-17(19)13-23)25-15-24-14-16-8-6-5-7-9-16;19-17-15-8-13(6-7-14(15)16(24-17)9-18(20)21)23-11-22-10-12-4-2-1-3-5-12;16-15-8-14(7-6-13(15)9-17)19-11-18-10-12-4-2-1-3-5-12;11-4-9-7-2-1-6(14-5-12)3-8(7)10(13)15-9;8-7-3-6(9)2-1-5(7)4-10;1-2(3)4/h5-13H,14-15H2,1-4H3;1-8,16,19H,9-11H2;1-9H,10-11H2;1-3,9,12-13H,4-5,11H2;1-4H;1H3,(H,3,4). The van der Waals surface area contributed by atoms with Crippen LogP contribution < -0.4 is 41.1 Å². The zero-order valence-electron chi connectivity index (χ0n) is 54.7. The largest absolute Gasteiger partial charge is 0.495 e. The predicted octanol–water partition coefficient (Wildman–Crippen LogP) is 9.67. The molecule has 23 nitrogen and oxygen atoms in total. The molecule has 1 saturated heterocycles. The highest BCUT2D eigenvalue weighted by Gasteiger charge is 2.52. The van der Waals surface area contributed by atoms with Crippen LogP contribution in [-0.2, 0) is 57.4 Å². The third kappa shape index (κ3) is 25.6. The maximum atomic E-state index is 12.3. The fourth-order valence-electron chi connectivity index (χ4n) is 9.18. The zero-order chi connectivity index (χ0) is 71.9. The summed E-state index contributed by atoms with van der Waals surface area (Å²) < 4.78 is 74.0. The number of carbonyl (C=O) groups excluding carboxylic acids is 3. The smallest absolute Gasteiger partial charge is 0.481 e. The Hall–Kier alpha value is -8.52. The van der Waals surface area contributed by atoms with Gasteiger partial charge in [0, 0.05) is 44.0 Å². The lowest BCUT2D eigenvalue weighted by Gasteiger charge is -2.32. The number of aliphatic hydroxyl groups is 1. The molecule has 0 amide bonds. The van der Waals surface area contributed by atoms with Crippen LogP contribution in [0, 0.1) is 15.9 Å². The zero-order valence-corrected chi connectivity index (χ0v) is 57.9. The highest BCUT2D eigenvalue weighted by molar-refractivity contribution is 9.10. The van der Waals surface area contributed by atoms with E-state index in [-0.39, 0.29) is 38.8 Å². The summed E-state index contributed by atoms with van der Waals surface area (Å²) in [4.78, 5) is 51.5. The van der Waals surface area contributed by atoms with E-state index in [9.17, 15) is 38.9 Å². The first-order chi connectivity index (χ1) is 47.5. The first kappa shape index (κ1) is 79.5. The van der Waals surface area contributed by atoms with E-state index in [4.69, 9.17) is 72.5 Å². The average molecular weight is 1490 g/mol. The van der Waals surface area contributed by atoms with Crippen LogP contribution in [0.1, 0.15) is 106 Å². The Morgan fingerprint density at radius 2 is 0.929 bits per heavy atom. The van der Waals surface area contributed by atoms with Crippen molar-refractivity contribution < 1.29 is 101 Å². The number of hydrogen-bond acceptors (Lipinski definition) is 21. The molecule has 3 aliphatic heterocycles. The van der Waals surface area contributed by atoms with Gasteiger partial charge in [-0.1, -0.05) is 103 Å². The van der Waals surface area contributed by atoms with Crippen LogP contribution in [0.25, 0.3) is 0 Å². The Balaban J connectivity index is 0.000000198. The molecule has 3 heterocycles. The molecule has 0 radical (unpaired) electrons. The number of aldehydes is 3. The van der Waals surface area contributed by atoms with Crippen LogP contribution in [0.5, 0.6) is 23.0 Å². The molecule has 8 aromatic carbocycles. The number of nitrogens with zero attached hydrogens (tertiary/aromatic N) is 1. The summed E-state index contributed by atoms with van der Waals surface area (Å²) >= 11 is 6.34. The number of aliphatic hydroxyl groups excluding tert-OH is 1. The maximum absolute atomic E-state index is 12.3. The van der Waals surface area contributed by atoms with Gasteiger partial charge in [0.2, 0.25) is 6.54 Å². The number of rotatable bonds is 24. The monoisotopic (exact) mass is 1490 g/mol. The summed E-state index contributed by atoms with van der Waals surface area (Å²) in [5, 5.41) is 46.1. The van der Waals surface area contributed by atoms with Crippen molar-refractivity contribution in [1.82, 2.24) is 0 Å². The number of nitro groups is 1. The number of benzene rings is 8. The molecule has 8 aromatic rings. The molecule has 0 bridgehead atoms. The minimum atomic E-state index is -1.18. The number of fused-ring (bicyclic) bond motifs is 2. The molecule has 6 N–H and O–H groups in total. The molecule has 11 rings (SSSR count). The van der Waals surface area contributed by atoms with Gasteiger partial charge in [-0.05, 0) is 183 Å². The molecule has 2 atom stereocenters. The van der Waals surface area contributed by atoms with Crippen molar-refractivity contribution in [3.8, 4) is 23.0 Å². The third-order valence-corrected chi connectivity index (χ3v) is 16.2. The quantitative estimate of drug-likeness (QED) is 0.00938. The van der Waals surface area contributed by atoms with Crippen molar-refractivity contribution in [1.29, 1.82) is 0 Å². The Kier molecular flexibility index (Phi) is 32.5. The Labute approximate surface area is 590 Å². The summed E-state index contributed by atoms with van der Waals surface area (Å²) in [5.41, 5.74) is 12.6. The number of ether oxygens (including phenoxy) is 7. The second-order valence-corrected chi connectivity index (χ2v) is 24.2. The van der Waals surface area contributed by atoms with Gasteiger partial charge in [-0.3, -0.25) is 29.3 Å². The first-order valence-electron chi connectivity index (χ1n) is 30.5. The number of carboxylic acid groups (broad SMARTS) is 1. The van der Waals surface area contributed by atoms with Crippen LogP contribution >= 0.6 is 31.9 Å². The number of nitrogens with two attached hydrogens (primary N) is 1. The van der Waals surface area contributed by atoms with Gasteiger partial charge in [-0.25, -0.2) is 4.39 Å². The number of halogens is 3. The van der Waals surface area contributed by atoms with E-state index in [0.29, 0.717) is 103 Å². The molecular formula is C70H74B3Br2FN2O21. The third-order valence-electron chi connectivity index (χ3n) is 14.8. The first-order valence-corrected chi connectivity index (χ1v) is 32.1. The molecular weight excluding hydrogens is 1420 g/mol. The SMILES string of the molecule is CC(=O)O.CC1(C)OB(c2cc(OCOCc3ccccc3)ccc2C=O)OC1(C)C.NCC1OB(O)c2cc(OCO)ccc21.O=Cc1ccc(F)cc1Br.O=Cc1ccc(OCOCc2ccccc2)cc1Br.O=[N+]([O-])CC1OB(O)c2cc(OCOCc3ccccc3)ccc21. The summed E-state index contributed by atoms with van der Waals surface area (Å²) in [5.74, 6) is 1.07. The van der Waals surface area contributed by atoms with Crippen molar-refractivity contribution in [2.75, 3.05) is 40.3 Å². The van der Waals surface area contributed by atoms with Gasteiger partial charge >= 0.3 is 21.4 Å². The van der Waals surface area contributed by atoms with Gasteiger partial charge in [0.25, 0.3) is 5.97 Å². The molecule has 1 fully saturated rings. The van der Waals surface area contributed by atoms with Crippen LogP contribution in [0.2, 0.25) is 0 Å². The maximum Gasteiger partial charge on any atom is 0.495 e. The average Bonchev–Trinajstić information content (AvgIpc) is 1.62. The Morgan fingerprint density at radius 1 is 0.566 bits per heavy atom. The Morgan fingerprint density at radius 3 is 1.32 bits per heavy atom. The highest BCUT2D eigenvalue weighted by atomic mass is 79.9. The van der Waals surface area contributed by atoms with Crippen molar-refractivity contribution in [2.45, 2.75) is 77.8 Å². The number of carbonyl (C=O) groups is 4. The second-order valence-electron chi connectivity index (χ2n) is 22.4. The predicted molar refractivity (Wildman–Crippen MR) is 374 cm³/mol. The summed E-state index contributed by atoms with van der Waals surface area (Å²) in [6.07, 6.45) is 1.26. The summed E-state index contributed by atoms with van der Waals surface area (Å²) in [6.45, 7) is 10.3. The minimum Gasteiger partial charge on any atom is -0.481 e. The summed E-state index contributed by atoms with van der Waals surface area (Å²) in [7, 11) is -2.77. The van der Waals surface area contributed by atoms with E-state index in [1.165, 1.54) is 18.2 Å². The van der Waals surface area contributed by atoms with Crippen molar-refractivity contribution in [3.63, 3.8) is 0 Å². The van der Waals surface area contributed by atoms with E-state index < -0.39 is 56.3 Å². The minimum absolute atomic E-state index is 0.0585.